The summed E-state index contributed by atoms with van der Waals surface area (Å²) < 4.78 is 2.10. The van der Waals surface area contributed by atoms with Crippen LogP contribution in [-0.4, -0.2) is 61.0 Å². The molecule has 2 aliphatic rings. The SMILES string of the molecule is C=CC(=O)N1CCC(NCC2CCc3cc(-n4c(-c5cccnc5N)nc5ccc(-c6ccccn6)nc54)ccc32)CC1. The largest absolute Gasteiger partial charge is 0.383 e. The fourth-order valence-electron chi connectivity index (χ4n) is 6.43. The first-order chi connectivity index (χ1) is 21.1. The number of pyridine rings is 3. The van der Waals surface area contributed by atoms with Gasteiger partial charge in [-0.1, -0.05) is 18.7 Å². The maximum Gasteiger partial charge on any atom is 0.245 e. The molecule has 0 spiro atoms. The minimum absolute atomic E-state index is 0.0298. The van der Waals surface area contributed by atoms with E-state index in [0.717, 1.165) is 79.1 Å². The van der Waals surface area contributed by atoms with Crippen molar-refractivity contribution in [1.82, 2.24) is 34.7 Å². The fraction of sp³-hybridized carbons (Fsp3) is 0.265. The molecule has 3 N–H and O–H groups in total. The number of piperidine rings is 1. The smallest absolute Gasteiger partial charge is 0.245 e. The molecule has 0 radical (unpaired) electrons. The molecule has 0 saturated carbocycles. The number of rotatable bonds is 7. The lowest BCUT2D eigenvalue weighted by molar-refractivity contribution is -0.127. The molecule has 43 heavy (non-hydrogen) atoms. The van der Waals surface area contributed by atoms with Crippen molar-refractivity contribution in [2.24, 2.45) is 0 Å². The fourth-order valence-corrected chi connectivity index (χ4v) is 6.43. The van der Waals surface area contributed by atoms with Crippen molar-refractivity contribution in [2.75, 3.05) is 25.4 Å². The Morgan fingerprint density at radius 2 is 1.84 bits per heavy atom. The van der Waals surface area contributed by atoms with E-state index in [4.69, 9.17) is 15.7 Å². The molecule has 1 aromatic carbocycles. The number of imidazole rings is 1. The second-order valence-electron chi connectivity index (χ2n) is 11.3. The third kappa shape index (κ3) is 5.17. The summed E-state index contributed by atoms with van der Waals surface area (Å²) in [6, 6.07) is 20.7. The summed E-state index contributed by atoms with van der Waals surface area (Å²) in [5.74, 6) is 1.63. The summed E-state index contributed by atoms with van der Waals surface area (Å²) in [4.78, 5) is 32.7. The first kappa shape index (κ1) is 27.0. The summed E-state index contributed by atoms with van der Waals surface area (Å²) in [7, 11) is 0. The number of nitrogen functional groups attached to an aromatic ring is 1. The molecule has 1 aliphatic heterocycles. The van der Waals surface area contributed by atoms with Gasteiger partial charge in [-0.15, -0.1) is 0 Å². The minimum Gasteiger partial charge on any atom is -0.383 e. The molecule has 5 aromatic rings. The van der Waals surface area contributed by atoms with Crippen LogP contribution in [0.15, 0.2) is 85.7 Å². The van der Waals surface area contributed by atoms with Crippen molar-refractivity contribution in [2.45, 2.75) is 37.6 Å². The second-order valence-corrected chi connectivity index (χ2v) is 11.3. The number of hydrogen-bond acceptors (Lipinski definition) is 7. The van der Waals surface area contributed by atoms with Crippen LogP contribution in [0.3, 0.4) is 0 Å². The van der Waals surface area contributed by atoms with Crippen molar-refractivity contribution in [3.63, 3.8) is 0 Å². The number of nitrogens with zero attached hydrogens (tertiary/aromatic N) is 6. The van der Waals surface area contributed by atoms with Crippen molar-refractivity contribution in [3.8, 4) is 28.5 Å². The lowest BCUT2D eigenvalue weighted by atomic mass is 9.99. The van der Waals surface area contributed by atoms with Gasteiger partial charge in [0.25, 0.3) is 0 Å². The maximum atomic E-state index is 11.9. The molecular formula is C34H34N8O. The number of aryl methyl sites for hydroxylation is 1. The Balaban J connectivity index is 1.20. The summed E-state index contributed by atoms with van der Waals surface area (Å²) in [6.07, 6.45) is 8.95. The number of likely N-dealkylation sites (tertiary alicyclic amines) is 1. The van der Waals surface area contributed by atoms with Crippen LogP contribution >= 0.6 is 0 Å². The number of carbonyl (C=O) groups excluding carboxylic acids is 1. The molecule has 7 rings (SSSR count). The molecule has 1 atom stereocenters. The Labute approximate surface area is 250 Å². The zero-order chi connectivity index (χ0) is 29.3. The van der Waals surface area contributed by atoms with E-state index in [2.05, 4.69) is 44.6 Å². The van der Waals surface area contributed by atoms with E-state index < -0.39 is 0 Å². The van der Waals surface area contributed by atoms with Gasteiger partial charge in [0.15, 0.2) is 11.5 Å². The molecule has 1 unspecified atom stereocenters. The van der Waals surface area contributed by atoms with Gasteiger partial charge in [-0.3, -0.25) is 14.3 Å². The number of nitrogens with two attached hydrogens (primary N) is 1. The quantitative estimate of drug-likeness (QED) is 0.267. The van der Waals surface area contributed by atoms with Crippen LogP contribution in [0, 0.1) is 0 Å². The Hall–Kier alpha value is -4.89. The summed E-state index contributed by atoms with van der Waals surface area (Å²) >= 11 is 0. The van der Waals surface area contributed by atoms with E-state index >= 15 is 0 Å². The Morgan fingerprint density at radius 3 is 2.63 bits per heavy atom. The number of hydrogen-bond donors (Lipinski definition) is 2. The highest BCUT2D eigenvalue weighted by Crippen LogP contribution is 2.37. The number of amides is 1. The van der Waals surface area contributed by atoms with E-state index in [9.17, 15) is 4.79 Å². The van der Waals surface area contributed by atoms with Crippen LogP contribution in [0.25, 0.3) is 39.6 Å². The Bertz CT molecular complexity index is 1810. The molecule has 216 valence electrons. The zero-order valence-corrected chi connectivity index (χ0v) is 24.0. The highest BCUT2D eigenvalue weighted by atomic mass is 16.2. The maximum absolute atomic E-state index is 11.9. The first-order valence-electron chi connectivity index (χ1n) is 14.9. The first-order valence-corrected chi connectivity index (χ1v) is 14.9. The minimum atomic E-state index is 0.0298. The molecule has 0 bridgehead atoms. The second kappa shape index (κ2) is 11.4. The monoisotopic (exact) mass is 570 g/mol. The van der Waals surface area contributed by atoms with Gasteiger partial charge in [0.05, 0.1) is 17.0 Å². The van der Waals surface area contributed by atoms with Crippen molar-refractivity contribution in [1.29, 1.82) is 0 Å². The molecule has 4 aromatic heterocycles. The number of aromatic nitrogens is 5. The van der Waals surface area contributed by atoms with Gasteiger partial charge in [-0.25, -0.2) is 15.0 Å². The van der Waals surface area contributed by atoms with Crippen LogP contribution in [0.4, 0.5) is 5.82 Å². The molecule has 1 fully saturated rings. The van der Waals surface area contributed by atoms with Crippen LogP contribution in [-0.2, 0) is 11.2 Å². The Morgan fingerprint density at radius 1 is 0.977 bits per heavy atom. The normalized spacial score (nSPS) is 16.8. The molecule has 1 aliphatic carbocycles. The summed E-state index contributed by atoms with van der Waals surface area (Å²) in [6.45, 7) is 6.12. The van der Waals surface area contributed by atoms with Gasteiger partial charge >= 0.3 is 0 Å². The van der Waals surface area contributed by atoms with Gasteiger partial charge in [-0.05, 0) is 97.3 Å². The molecule has 5 heterocycles. The lowest BCUT2D eigenvalue weighted by Gasteiger charge is -2.32. The highest BCUT2D eigenvalue weighted by molar-refractivity contribution is 5.87. The van der Waals surface area contributed by atoms with Crippen LogP contribution in [0.2, 0.25) is 0 Å². The number of nitrogens with one attached hydrogen (secondary N) is 1. The standard InChI is InChI=1S/C34H34N8O/c1-2-31(43)41-18-14-24(15-19-41)38-21-23-9-8-22-20-25(10-11-26(22)23)42-33(27-6-5-17-37-32(27)35)40-30-13-12-29(39-34(30)42)28-7-3-4-16-36-28/h2-7,10-13,16-17,20,23-24,38H,1,8-9,14-15,18-19,21H2,(H2,35,37). The van der Waals surface area contributed by atoms with E-state index in [1.807, 2.05) is 47.4 Å². The molecule has 1 amide bonds. The van der Waals surface area contributed by atoms with Crippen molar-refractivity contribution >= 4 is 22.9 Å². The van der Waals surface area contributed by atoms with Gasteiger partial charge in [0.2, 0.25) is 5.91 Å². The molecule has 1 saturated heterocycles. The van der Waals surface area contributed by atoms with Gasteiger partial charge in [-0.2, -0.15) is 0 Å². The molecular weight excluding hydrogens is 536 g/mol. The van der Waals surface area contributed by atoms with E-state index in [-0.39, 0.29) is 5.91 Å². The van der Waals surface area contributed by atoms with E-state index in [1.54, 1.807) is 12.4 Å². The summed E-state index contributed by atoms with van der Waals surface area (Å²) in [5.41, 5.74) is 14.0. The summed E-state index contributed by atoms with van der Waals surface area (Å²) in [5, 5.41) is 3.79. The molecule has 9 nitrogen and oxygen atoms in total. The van der Waals surface area contributed by atoms with E-state index in [1.165, 1.54) is 17.2 Å². The number of benzene rings is 1. The van der Waals surface area contributed by atoms with E-state index in [0.29, 0.717) is 23.6 Å². The van der Waals surface area contributed by atoms with Crippen LogP contribution in [0.1, 0.15) is 36.3 Å². The number of anilines is 1. The zero-order valence-electron chi connectivity index (χ0n) is 24.0. The predicted molar refractivity (Wildman–Crippen MR) is 169 cm³/mol. The lowest BCUT2D eigenvalue weighted by Crippen LogP contribution is -2.45. The van der Waals surface area contributed by atoms with Crippen molar-refractivity contribution in [3.05, 3.63) is 96.8 Å². The number of carbonyl (C=O) groups is 1. The topological polar surface area (TPSA) is 115 Å². The van der Waals surface area contributed by atoms with Crippen LogP contribution < -0.4 is 11.1 Å². The highest BCUT2D eigenvalue weighted by Gasteiger charge is 2.27. The van der Waals surface area contributed by atoms with Crippen molar-refractivity contribution < 1.29 is 4.79 Å². The Kier molecular flexibility index (Phi) is 7.16. The van der Waals surface area contributed by atoms with Crippen LogP contribution in [0.5, 0.6) is 0 Å². The average molecular weight is 571 g/mol. The third-order valence-electron chi connectivity index (χ3n) is 8.73. The van der Waals surface area contributed by atoms with Gasteiger partial charge in [0.1, 0.15) is 11.3 Å². The van der Waals surface area contributed by atoms with Gasteiger partial charge in [0, 0.05) is 43.8 Å². The average Bonchev–Trinajstić information content (AvgIpc) is 3.64. The predicted octanol–water partition coefficient (Wildman–Crippen LogP) is 4.92. The third-order valence-corrected chi connectivity index (χ3v) is 8.73. The number of fused-ring (bicyclic) bond motifs is 2. The van der Waals surface area contributed by atoms with Gasteiger partial charge < -0.3 is 16.0 Å². The molecule has 9 heteroatoms.